The molecule has 0 saturated heterocycles. The lowest BCUT2D eigenvalue weighted by Crippen LogP contribution is -2.48. The van der Waals surface area contributed by atoms with Crippen molar-refractivity contribution in [3.63, 3.8) is 0 Å². The minimum Gasteiger partial charge on any atom is -0.489 e. The van der Waals surface area contributed by atoms with Gasteiger partial charge in [-0.05, 0) is 32.9 Å². The number of benzene rings is 1. The van der Waals surface area contributed by atoms with Gasteiger partial charge in [0, 0.05) is 6.07 Å². The van der Waals surface area contributed by atoms with Crippen LogP contribution in [0.4, 0.5) is 14.9 Å². The number of carbonyl (C=O) groups is 2. The Bertz CT molecular complexity index is 569. The molecule has 2 N–H and O–H groups in total. The molecule has 6 nitrogen and oxygen atoms in total. The first-order chi connectivity index (χ1) is 9.74. The van der Waals surface area contributed by atoms with Gasteiger partial charge in [0.25, 0.3) is 5.91 Å². The second kappa shape index (κ2) is 5.59. The van der Waals surface area contributed by atoms with E-state index >= 15 is 0 Å². The first-order valence-corrected chi connectivity index (χ1v) is 6.47. The number of nitrogens with one attached hydrogen (secondary N) is 2. The molecule has 1 aromatic carbocycles. The molecule has 0 fully saturated rings. The van der Waals surface area contributed by atoms with Gasteiger partial charge in [-0.2, -0.15) is 0 Å². The molecule has 0 aliphatic carbocycles. The average molecular weight is 296 g/mol. The Morgan fingerprint density at radius 1 is 1.48 bits per heavy atom. The Hall–Kier alpha value is -2.31. The number of rotatable bonds is 1. The maximum atomic E-state index is 13.2. The van der Waals surface area contributed by atoms with E-state index in [2.05, 4.69) is 10.6 Å². The van der Waals surface area contributed by atoms with E-state index in [1.54, 1.807) is 20.8 Å². The van der Waals surface area contributed by atoms with Gasteiger partial charge in [0.05, 0.1) is 5.69 Å². The first kappa shape index (κ1) is 15.1. The highest BCUT2D eigenvalue weighted by Gasteiger charge is 2.28. The van der Waals surface area contributed by atoms with E-state index in [-0.39, 0.29) is 12.3 Å². The van der Waals surface area contributed by atoms with Crippen LogP contribution in [0.25, 0.3) is 0 Å². The quantitative estimate of drug-likeness (QED) is 0.831. The number of ether oxygens (including phenoxy) is 2. The molecular weight excluding hydrogens is 279 g/mol. The molecule has 2 amide bonds. The van der Waals surface area contributed by atoms with E-state index in [0.29, 0.717) is 5.75 Å². The molecule has 0 aromatic heterocycles. The zero-order valence-corrected chi connectivity index (χ0v) is 12.0. The van der Waals surface area contributed by atoms with Crippen LogP contribution in [-0.2, 0) is 9.53 Å². The number of amides is 2. The standard InChI is InChI=1S/C14H17FN2O4/c1-14(2,3)21-13(19)17-10-7-20-11-5-4-8(15)6-9(11)16-12(10)18/h4-6,10H,7H2,1-3H3,(H,16,18)(H,17,19)/t10-/m0/s1. The Balaban J connectivity index is 2.05. The summed E-state index contributed by atoms with van der Waals surface area (Å²) < 4.78 is 23.6. The number of carbonyl (C=O) groups excluding carboxylic acids is 2. The van der Waals surface area contributed by atoms with Crippen molar-refractivity contribution in [2.75, 3.05) is 11.9 Å². The summed E-state index contributed by atoms with van der Waals surface area (Å²) in [5, 5.41) is 4.93. The lowest BCUT2D eigenvalue weighted by atomic mass is 10.2. The van der Waals surface area contributed by atoms with Crippen molar-refractivity contribution in [1.82, 2.24) is 5.32 Å². The molecule has 0 spiro atoms. The van der Waals surface area contributed by atoms with Crippen LogP contribution in [0.15, 0.2) is 18.2 Å². The summed E-state index contributed by atoms with van der Waals surface area (Å²) in [5.41, 5.74) is -0.438. The molecule has 1 aliphatic rings. The molecular formula is C14H17FN2O4. The van der Waals surface area contributed by atoms with Crippen LogP contribution >= 0.6 is 0 Å². The molecule has 114 valence electrons. The van der Waals surface area contributed by atoms with Gasteiger partial charge in [0.15, 0.2) is 0 Å². The highest BCUT2D eigenvalue weighted by molar-refractivity contribution is 5.98. The Labute approximate surface area is 121 Å². The smallest absolute Gasteiger partial charge is 0.408 e. The number of anilines is 1. The molecule has 1 aliphatic heterocycles. The van der Waals surface area contributed by atoms with E-state index in [0.717, 1.165) is 6.07 Å². The molecule has 1 heterocycles. The normalized spacial score (nSPS) is 17.9. The van der Waals surface area contributed by atoms with Gasteiger partial charge in [0.1, 0.15) is 29.8 Å². The minimum absolute atomic E-state index is 0.0658. The minimum atomic E-state index is -0.921. The molecule has 0 unspecified atom stereocenters. The number of hydrogen-bond donors (Lipinski definition) is 2. The zero-order chi connectivity index (χ0) is 15.6. The van der Waals surface area contributed by atoms with Crippen molar-refractivity contribution >= 4 is 17.7 Å². The van der Waals surface area contributed by atoms with Crippen LogP contribution in [0.2, 0.25) is 0 Å². The summed E-state index contributed by atoms with van der Waals surface area (Å²) in [5.74, 6) is -0.639. The van der Waals surface area contributed by atoms with Crippen molar-refractivity contribution in [3.05, 3.63) is 24.0 Å². The summed E-state index contributed by atoms with van der Waals surface area (Å²) in [6.07, 6.45) is -0.719. The summed E-state index contributed by atoms with van der Waals surface area (Å²) >= 11 is 0. The summed E-state index contributed by atoms with van der Waals surface area (Å²) in [6, 6.07) is 2.88. The second-order valence-electron chi connectivity index (χ2n) is 5.64. The van der Waals surface area contributed by atoms with Crippen molar-refractivity contribution in [2.45, 2.75) is 32.4 Å². The van der Waals surface area contributed by atoms with Gasteiger partial charge in [-0.15, -0.1) is 0 Å². The topological polar surface area (TPSA) is 76.7 Å². The Kier molecular flexibility index (Phi) is 4.02. The number of halogens is 1. The third kappa shape index (κ3) is 4.08. The zero-order valence-electron chi connectivity index (χ0n) is 12.0. The van der Waals surface area contributed by atoms with Gasteiger partial charge in [-0.3, -0.25) is 4.79 Å². The largest absolute Gasteiger partial charge is 0.489 e. The molecule has 1 aromatic rings. The first-order valence-electron chi connectivity index (χ1n) is 6.47. The van der Waals surface area contributed by atoms with Crippen LogP contribution in [0.1, 0.15) is 20.8 Å². The monoisotopic (exact) mass is 296 g/mol. The molecule has 21 heavy (non-hydrogen) atoms. The van der Waals surface area contributed by atoms with E-state index in [4.69, 9.17) is 9.47 Å². The number of hydrogen-bond acceptors (Lipinski definition) is 4. The van der Waals surface area contributed by atoms with Crippen LogP contribution in [-0.4, -0.2) is 30.3 Å². The van der Waals surface area contributed by atoms with Crippen LogP contribution < -0.4 is 15.4 Å². The van der Waals surface area contributed by atoms with Gasteiger partial charge in [-0.1, -0.05) is 0 Å². The van der Waals surface area contributed by atoms with Crippen LogP contribution in [0.3, 0.4) is 0 Å². The average Bonchev–Trinajstić information content (AvgIpc) is 2.47. The SMILES string of the molecule is CC(C)(C)OC(=O)N[C@H]1COc2ccc(F)cc2NC1=O. The van der Waals surface area contributed by atoms with Gasteiger partial charge in [0.2, 0.25) is 0 Å². The van der Waals surface area contributed by atoms with Crippen LogP contribution in [0, 0.1) is 5.82 Å². The van der Waals surface area contributed by atoms with Crippen molar-refractivity contribution < 1.29 is 23.5 Å². The highest BCUT2D eigenvalue weighted by Crippen LogP contribution is 2.27. The molecule has 0 bridgehead atoms. The fourth-order valence-electron chi connectivity index (χ4n) is 1.75. The van der Waals surface area contributed by atoms with Gasteiger partial charge < -0.3 is 20.1 Å². The van der Waals surface area contributed by atoms with Gasteiger partial charge >= 0.3 is 6.09 Å². The van der Waals surface area contributed by atoms with Crippen molar-refractivity contribution in [1.29, 1.82) is 0 Å². The molecule has 1 atom stereocenters. The van der Waals surface area contributed by atoms with Crippen molar-refractivity contribution in [2.24, 2.45) is 0 Å². The summed E-state index contributed by atoms with van der Waals surface area (Å²) in [7, 11) is 0. The fraction of sp³-hybridized carbons (Fsp3) is 0.429. The maximum absolute atomic E-state index is 13.2. The molecule has 2 rings (SSSR count). The van der Waals surface area contributed by atoms with Crippen molar-refractivity contribution in [3.8, 4) is 5.75 Å². The summed E-state index contributed by atoms with van der Waals surface area (Å²) in [6.45, 7) is 5.09. The summed E-state index contributed by atoms with van der Waals surface area (Å²) in [4.78, 5) is 23.7. The predicted octanol–water partition coefficient (Wildman–Crippen LogP) is 2.05. The fourth-order valence-corrected chi connectivity index (χ4v) is 1.75. The number of alkyl carbamates (subject to hydrolysis) is 1. The van der Waals surface area contributed by atoms with Gasteiger partial charge in [-0.25, -0.2) is 9.18 Å². The van der Waals surface area contributed by atoms with E-state index in [1.165, 1.54) is 12.1 Å². The second-order valence-corrected chi connectivity index (χ2v) is 5.64. The third-order valence-corrected chi connectivity index (χ3v) is 2.61. The predicted molar refractivity (Wildman–Crippen MR) is 73.7 cm³/mol. The lowest BCUT2D eigenvalue weighted by molar-refractivity contribution is -0.118. The number of fused-ring (bicyclic) bond motifs is 1. The van der Waals surface area contributed by atoms with E-state index in [1.807, 2.05) is 0 Å². The molecule has 0 radical (unpaired) electrons. The Morgan fingerprint density at radius 2 is 2.19 bits per heavy atom. The highest BCUT2D eigenvalue weighted by atomic mass is 19.1. The maximum Gasteiger partial charge on any atom is 0.408 e. The molecule has 0 saturated carbocycles. The molecule has 7 heteroatoms. The van der Waals surface area contributed by atoms with Crippen LogP contribution in [0.5, 0.6) is 5.75 Å². The van der Waals surface area contributed by atoms with E-state index < -0.39 is 29.5 Å². The third-order valence-electron chi connectivity index (χ3n) is 2.61. The van der Waals surface area contributed by atoms with E-state index in [9.17, 15) is 14.0 Å². The lowest BCUT2D eigenvalue weighted by Gasteiger charge is -2.22. The Morgan fingerprint density at radius 3 is 2.86 bits per heavy atom.